The summed E-state index contributed by atoms with van der Waals surface area (Å²) in [6, 6.07) is 6.52. The van der Waals surface area contributed by atoms with Crippen LogP contribution in [0.3, 0.4) is 0 Å². The van der Waals surface area contributed by atoms with Gasteiger partial charge in [0, 0.05) is 19.1 Å². The van der Waals surface area contributed by atoms with Crippen LogP contribution in [0.5, 0.6) is 11.5 Å². The minimum atomic E-state index is 0.173. The first kappa shape index (κ1) is 17.6. The number of nitrogens with zero attached hydrogens (tertiary/aromatic N) is 2. The molecule has 0 radical (unpaired) electrons. The summed E-state index contributed by atoms with van der Waals surface area (Å²) in [5.41, 5.74) is 1.18. The number of ether oxygens (including phenoxy) is 2. The monoisotopic (exact) mass is 320 g/mol. The first-order valence-corrected chi connectivity index (χ1v) is 8.19. The van der Waals surface area contributed by atoms with Crippen molar-refractivity contribution in [1.82, 2.24) is 9.80 Å². The summed E-state index contributed by atoms with van der Waals surface area (Å²) in [4.78, 5) is 16.5. The van der Waals surface area contributed by atoms with Crippen molar-refractivity contribution >= 4 is 5.91 Å². The number of hydrogen-bond acceptors (Lipinski definition) is 4. The molecule has 0 saturated carbocycles. The van der Waals surface area contributed by atoms with E-state index >= 15 is 0 Å². The summed E-state index contributed by atoms with van der Waals surface area (Å²) in [5, 5.41) is 0. The smallest absolute Gasteiger partial charge is 0.236 e. The predicted molar refractivity (Wildman–Crippen MR) is 91.0 cm³/mol. The van der Waals surface area contributed by atoms with Gasteiger partial charge in [-0.15, -0.1) is 0 Å². The van der Waals surface area contributed by atoms with Crippen molar-refractivity contribution in [2.45, 2.75) is 38.8 Å². The van der Waals surface area contributed by atoms with E-state index in [1.165, 1.54) is 5.56 Å². The van der Waals surface area contributed by atoms with Gasteiger partial charge in [-0.1, -0.05) is 6.07 Å². The number of likely N-dealkylation sites (N-methyl/N-ethyl adjacent to an activating group) is 1. The molecule has 0 aliphatic carbocycles. The van der Waals surface area contributed by atoms with E-state index < -0.39 is 0 Å². The zero-order valence-corrected chi connectivity index (χ0v) is 14.8. The Labute approximate surface area is 139 Å². The molecular formula is C18H28N2O3. The van der Waals surface area contributed by atoms with E-state index in [4.69, 9.17) is 9.47 Å². The third-order valence-electron chi connectivity index (χ3n) is 4.66. The van der Waals surface area contributed by atoms with Crippen molar-refractivity contribution in [3.63, 3.8) is 0 Å². The van der Waals surface area contributed by atoms with E-state index in [0.717, 1.165) is 30.9 Å². The molecule has 1 aliphatic rings. The van der Waals surface area contributed by atoms with Crippen LogP contribution in [0.15, 0.2) is 18.2 Å². The van der Waals surface area contributed by atoms with Crippen molar-refractivity contribution in [2.75, 3.05) is 34.4 Å². The highest BCUT2D eigenvalue weighted by molar-refractivity contribution is 5.78. The summed E-state index contributed by atoms with van der Waals surface area (Å²) in [5.74, 6) is 1.64. The second-order valence-electron chi connectivity index (χ2n) is 6.34. The van der Waals surface area contributed by atoms with E-state index in [2.05, 4.69) is 11.0 Å². The maximum atomic E-state index is 12.4. The maximum absolute atomic E-state index is 12.4. The van der Waals surface area contributed by atoms with E-state index in [-0.39, 0.29) is 18.0 Å². The zero-order valence-electron chi connectivity index (χ0n) is 14.8. The largest absolute Gasteiger partial charge is 0.493 e. The van der Waals surface area contributed by atoms with Crippen LogP contribution in [0.4, 0.5) is 0 Å². The Balaban J connectivity index is 2.14. The molecule has 1 atom stereocenters. The van der Waals surface area contributed by atoms with Crippen molar-refractivity contribution in [1.29, 1.82) is 0 Å². The lowest BCUT2D eigenvalue weighted by Gasteiger charge is -2.28. The van der Waals surface area contributed by atoms with Gasteiger partial charge in [0.2, 0.25) is 5.91 Å². The highest BCUT2D eigenvalue weighted by Gasteiger charge is 2.29. The van der Waals surface area contributed by atoms with E-state index in [1.807, 2.05) is 37.9 Å². The minimum absolute atomic E-state index is 0.173. The predicted octanol–water partition coefficient (Wildman–Crippen LogP) is 2.71. The standard InChI is InChI=1S/C18H28N2O3/c1-13(2)19(3)18(21)12-20-10-6-7-15(20)14-8-9-16(22-4)17(11-14)23-5/h8-9,11,13,15H,6-7,10,12H2,1-5H3. The Morgan fingerprint density at radius 1 is 1.30 bits per heavy atom. The highest BCUT2D eigenvalue weighted by Crippen LogP contribution is 2.36. The van der Waals surface area contributed by atoms with Gasteiger partial charge in [-0.05, 0) is 50.9 Å². The molecule has 1 aromatic rings. The van der Waals surface area contributed by atoms with Gasteiger partial charge in [0.15, 0.2) is 11.5 Å². The summed E-state index contributed by atoms with van der Waals surface area (Å²) in [6.07, 6.45) is 2.17. The first-order valence-electron chi connectivity index (χ1n) is 8.19. The van der Waals surface area contributed by atoms with Crippen molar-refractivity contribution in [3.05, 3.63) is 23.8 Å². The Morgan fingerprint density at radius 3 is 2.61 bits per heavy atom. The fourth-order valence-corrected chi connectivity index (χ4v) is 3.03. The normalized spacial score (nSPS) is 18.3. The second kappa shape index (κ2) is 7.68. The van der Waals surface area contributed by atoms with Gasteiger partial charge < -0.3 is 14.4 Å². The zero-order chi connectivity index (χ0) is 17.0. The molecule has 0 spiro atoms. The van der Waals surface area contributed by atoms with Crippen LogP contribution in [0.25, 0.3) is 0 Å². The third kappa shape index (κ3) is 3.96. The van der Waals surface area contributed by atoms with E-state index in [1.54, 1.807) is 14.2 Å². The number of carbonyl (C=O) groups is 1. The number of amides is 1. The van der Waals surface area contributed by atoms with Gasteiger partial charge in [-0.3, -0.25) is 9.69 Å². The molecule has 5 nitrogen and oxygen atoms in total. The number of carbonyl (C=O) groups excluding carboxylic acids is 1. The summed E-state index contributed by atoms with van der Waals surface area (Å²) in [7, 11) is 5.16. The minimum Gasteiger partial charge on any atom is -0.493 e. The molecule has 1 fully saturated rings. The fourth-order valence-electron chi connectivity index (χ4n) is 3.03. The molecule has 1 amide bonds. The molecule has 1 unspecified atom stereocenters. The van der Waals surface area contributed by atoms with Crippen LogP contribution in [0.1, 0.15) is 38.3 Å². The lowest BCUT2D eigenvalue weighted by Crippen LogP contribution is -2.41. The molecule has 128 valence electrons. The number of rotatable bonds is 6. The van der Waals surface area contributed by atoms with E-state index in [9.17, 15) is 4.79 Å². The Morgan fingerprint density at radius 2 is 2.00 bits per heavy atom. The summed E-state index contributed by atoms with van der Waals surface area (Å²) >= 11 is 0. The molecule has 1 saturated heterocycles. The topological polar surface area (TPSA) is 42.0 Å². The van der Waals surface area contributed by atoms with Crippen LogP contribution < -0.4 is 9.47 Å². The molecule has 5 heteroatoms. The maximum Gasteiger partial charge on any atom is 0.236 e. The molecule has 1 heterocycles. The average Bonchev–Trinajstić information content (AvgIpc) is 3.01. The van der Waals surface area contributed by atoms with Gasteiger partial charge in [0.1, 0.15) is 0 Å². The molecule has 23 heavy (non-hydrogen) atoms. The first-order chi connectivity index (χ1) is 11.0. The molecule has 1 aliphatic heterocycles. The van der Waals surface area contributed by atoms with Crippen molar-refractivity contribution in [2.24, 2.45) is 0 Å². The summed E-state index contributed by atoms with van der Waals surface area (Å²) < 4.78 is 10.7. The molecule has 0 aromatic heterocycles. The van der Waals surface area contributed by atoms with Gasteiger partial charge in [0.25, 0.3) is 0 Å². The van der Waals surface area contributed by atoms with Gasteiger partial charge in [0.05, 0.1) is 20.8 Å². The van der Waals surface area contributed by atoms with Gasteiger partial charge >= 0.3 is 0 Å². The number of hydrogen-bond donors (Lipinski definition) is 0. The van der Waals surface area contributed by atoms with Gasteiger partial charge in [-0.25, -0.2) is 0 Å². The Bertz CT molecular complexity index is 545. The highest BCUT2D eigenvalue weighted by atomic mass is 16.5. The quantitative estimate of drug-likeness (QED) is 0.808. The number of benzene rings is 1. The molecule has 1 aromatic carbocycles. The third-order valence-corrected chi connectivity index (χ3v) is 4.66. The molecular weight excluding hydrogens is 292 g/mol. The molecule has 0 bridgehead atoms. The number of methoxy groups -OCH3 is 2. The van der Waals surface area contributed by atoms with Crippen LogP contribution >= 0.6 is 0 Å². The van der Waals surface area contributed by atoms with Crippen molar-refractivity contribution in [3.8, 4) is 11.5 Å². The van der Waals surface area contributed by atoms with E-state index in [0.29, 0.717) is 6.54 Å². The van der Waals surface area contributed by atoms with Crippen LogP contribution in [0.2, 0.25) is 0 Å². The van der Waals surface area contributed by atoms with Crippen LogP contribution in [-0.2, 0) is 4.79 Å². The molecule has 2 rings (SSSR count). The molecule has 0 N–H and O–H groups in total. The second-order valence-corrected chi connectivity index (χ2v) is 6.34. The van der Waals surface area contributed by atoms with Crippen LogP contribution in [0, 0.1) is 0 Å². The lowest BCUT2D eigenvalue weighted by atomic mass is 10.0. The Hall–Kier alpha value is -1.75. The lowest BCUT2D eigenvalue weighted by molar-refractivity contribution is -0.132. The fraction of sp³-hybridized carbons (Fsp3) is 0.611. The average molecular weight is 320 g/mol. The van der Waals surface area contributed by atoms with Crippen molar-refractivity contribution < 1.29 is 14.3 Å². The SMILES string of the molecule is COc1ccc(C2CCCN2CC(=O)N(C)C(C)C)cc1OC. The number of likely N-dealkylation sites (tertiary alicyclic amines) is 1. The van der Waals surface area contributed by atoms with Crippen LogP contribution in [-0.4, -0.2) is 56.1 Å². The Kier molecular flexibility index (Phi) is 5.88. The van der Waals surface area contributed by atoms with Gasteiger partial charge in [-0.2, -0.15) is 0 Å². The summed E-state index contributed by atoms with van der Waals surface area (Å²) in [6.45, 7) is 5.49.